The molecule has 2 N–H and O–H groups in total. The molecule has 0 aliphatic heterocycles. The number of carbonyl (C=O) groups is 2. The van der Waals surface area contributed by atoms with E-state index in [1.165, 1.54) is 6.07 Å². The molecule has 0 atom stereocenters. The molecule has 0 bridgehead atoms. The Morgan fingerprint density at radius 3 is 2.28 bits per heavy atom. The third kappa shape index (κ3) is 3.05. The summed E-state index contributed by atoms with van der Waals surface area (Å²) in [5.74, 6) is -3.39. The maximum atomic E-state index is 10.7. The largest absolute Gasteiger partial charge is 0.477 e. The van der Waals surface area contributed by atoms with Crippen molar-refractivity contribution in [3.8, 4) is 0 Å². The van der Waals surface area contributed by atoms with E-state index in [2.05, 4.69) is 0 Å². The zero-order chi connectivity index (χ0) is 13.9. The lowest BCUT2D eigenvalue weighted by Gasteiger charge is -2.00. The monoisotopic (exact) mass is 271 g/mol. The van der Waals surface area contributed by atoms with E-state index in [4.69, 9.17) is 21.8 Å². The summed E-state index contributed by atoms with van der Waals surface area (Å²) >= 11 is 5.62. The van der Waals surface area contributed by atoms with Gasteiger partial charge in [-0.1, -0.05) is 11.6 Å². The molecule has 8 heteroatoms. The summed E-state index contributed by atoms with van der Waals surface area (Å²) in [6.45, 7) is 0. The highest BCUT2D eigenvalue weighted by molar-refractivity contribution is 6.30. The molecular formula is C10H6ClNO6. The summed E-state index contributed by atoms with van der Waals surface area (Å²) in [5, 5.41) is 28.1. The van der Waals surface area contributed by atoms with Crippen molar-refractivity contribution in [3.63, 3.8) is 0 Å². The van der Waals surface area contributed by atoms with Gasteiger partial charge in [0, 0.05) is 11.1 Å². The van der Waals surface area contributed by atoms with E-state index in [9.17, 15) is 19.7 Å². The quantitative estimate of drug-likeness (QED) is 0.283. The smallest absolute Gasteiger partial charge is 0.343 e. The number of nitro groups is 1. The average molecular weight is 272 g/mol. The Labute approximate surface area is 105 Å². The third-order valence-electron chi connectivity index (χ3n) is 1.95. The molecular weight excluding hydrogens is 266 g/mol. The van der Waals surface area contributed by atoms with E-state index in [1.807, 2.05) is 0 Å². The third-order valence-corrected chi connectivity index (χ3v) is 2.18. The first-order valence-electron chi connectivity index (χ1n) is 4.45. The van der Waals surface area contributed by atoms with Gasteiger partial charge in [-0.05, 0) is 18.2 Å². The summed E-state index contributed by atoms with van der Waals surface area (Å²) in [5.41, 5.74) is -1.60. The van der Waals surface area contributed by atoms with Crippen LogP contribution in [0, 0.1) is 10.1 Å². The average Bonchev–Trinajstić information content (AvgIpc) is 2.24. The van der Waals surface area contributed by atoms with E-state index in [1.54, 1.807) is 0 Å². The predicted octanol–water partition coefficient (Wildman–Crippen LogP) is 1.80. The first-order valence-corrected chi connectivity index (χ1v) is 4.83. The molecule has 1 rings (SSSR count). The molecule has 18 heavy (non-hydrogen) atoms. The molecule has 0 amide bonds. The highest BCUT2D eigenvalue weighted by Gasteiger charge is 2.19. The zero-order valence-corrected chi connectivity index (χ0v) is 9.42. The molecule has 7 nitrogen and oxygen atoms in total. The molecule has 0 radical (unpaired) electrons. The Kier molecular flexibility index (Phi) is 4.01. The van der Waals surface area contributed by atoms with Crippen molar-refractivity contribution < 1.29 is 24.7 Å². The molecule has 0 saturated heterocycles. The standard InChI is InChI=1S/C10H6ClNO6/c11-6-1-2-8(12(17)18)5(3-6)4-7(9(13)14)10(15)16/h1-4H,(H,13,14)(H,15,16). The Morgan fingerprint density at radius 1 is 1.28 bits per heavy atom. The summed E-state index contributed by atoms with van der Waals surface area (Å²) in [7, 11) is 0. The normalized spacial score (nSPS) is 9.61. The molecule has 1 aromatic rings. The second-order valence-corrected chi connectivity index (χ2v) is 3.57. The lowest BCUT2D eigenvalue weighted by Crippen LogP contribution is -2.11. The van der Waals surface area contributed by atoms with Crippen LogP contribution in [0.1, 0.15) is 5.56 Å². The molecule has 0 saturated carbocycles. The minimum absolute atomic E-state index is 0.127. The number of hydrogen-bond acceptors (Lipinski definition) is 4. The first kappa shape index (κ1) is 13.7. The van der Waals surface area contributed by atoms with Crippen LogP contribution in [0.4, 0.5) is 5.69 Å². The van der Waals surface area contributed by atoms with Crippen molar-refractivity contribution in [2.75, 3.05) is 0 Å². The molecule has 0 unspecified atom stereocenters. The van der Waals surface area contributed by atoms with Crippen LogP contribution in [0.3, 0.4) is 0 Å². The van der Waals surface area contributed by atoms with Gasteiger partial charge in [-0.25, -0.2) is 9.59 Å². The second kappa shape index (κ2) is 5.28. The number of rotatable bonds is 4. The van der Waals surface area contributed by atoms with Crippen LogP contribution >= 0.6 is 11.6 Å². The Bertz CT molecular complexity index is 549. The molecule has 0 heterocycles. The Balaban J connectivity index is 3.44. The number of carboxylic acid groups (broad SMARTS) is 2. The number of carboxylic acids is 2. The fourth-order valence-corrected chi connectivity index (χ4v) is 1.36. The van der Waals surface area contributed by atoms with Crippen LogP contribution < -0.4 is 0 Å². The van der Waals surface area contributed by atoms with Gasteiger partial charge in [0.2, 0.25) is 0 Å². The van der Waals surface area contributed by atoms with Crippen LogP contribution in [-0.4, -0.2) is 27.1 Å². The van der Waals surface area contributed by atoms with Gasteiger partial charge in [-0.15, -0.1) is 0 Å². The summed E-state index contributed by atoms with van der Waals surface area (Å²) in [6.07, 6.45) is 0.689. The zero-order valence-electron chi connectivity index (χ0n) is 8.66. The van der Waals surface area contributed by atoms with Crippen LogP contribution in [0.15, 0.2) is 23.8 Å². The summed E-state index contributed by atoms with van der Waals surface area (Å²) in [4.78, 5) is 31.3. The van der Waals surface area contributed by atoms with Crippen LogP contribution in [-0.2, 0) is 9.59 Å². The van der Waals surface area contributed by atoms with Crippen molar-refractivity contribution in [3.05, 3.63) is 44.5 Å². The van der Waals surface area contributed by atoms with Crippen LogP contribution in [0.25, 0.3) is 6.08 Å². The van der Waals surface area contributed by atoms with Gasteiger partial charge in [0.05, 0.1) is 10.5 Å². The number of hydrogen-bond donors (Lipinski definition) is 2. The van der Waals surface area contributed by atoms with E-state index >= 15 is 0 Å². The molecule has 0 aliphatic carbocycles. The molecule has 0 aliphatic rings. The van der Waals surface area contributed by atoms with Gasteiger partial charge >= 0.3 is 11.9 Å². The van der Waals surface area contributed by atoms with Gasteiger partial charge in [0.1, 0.15) is 5.57 Å². The van der Waals surface area contributed by atoms with E-state index < -0.39 is 28.1 Å². The molecule has 94 valence electrons. The lowest BCUT2D eigenvalue weighted by atomic mass is 10.1. The van der Waals surface area contributed by atoms with Crippen molar-refractivity contribution in [1.82, 2.24) is 0 Å². The highest BCUT2D eigenvalue weighted by atomic mass is 35.5. The van der Waals surface area contributed by atoms with Crippen molar-refractivity contribution in [2.24, 2.45) is 0 Å². The number of nitrogens with zero attached hydrogens (tertiary/aromatic N) is 1. The molecule has 0 spiro atoms. The lowest BCUT2D eigenvalue weighted by molar-refractivity contribution is -0.385. The second-order valence-electron chi connectivity index (χ2n) is 3.13. The number of benzene rings is 1. The van der Waals surface area contributed by atoms with E-state index in [-0.39, 0.29) is 10.6 Å². The van der Waals surface area contributed by atoms with Crippen molar-refractivity contribution in [2.45, 2.75) is 0 Å². The maximum absolute atomic E-state index is 10.7. The van der Waals surface area contributed by atoms with Crippen LogP contribution in [0.5, 0.6) is 0 Å². The minimum atomic E-state index is -1.70. The van der Waals surface area contributed by atoms with Gasteiger partial charge in [0.25, 0.3) is 5.69 Å². The van der Waals surface area contributed by atoms with Gasteiger partial charge in [0.15, 0.2) is 0 Å². The first-order chi connectivity index (χ1) is 8.32. The van der Waals surface area contributed by atoms with Gasteiger partial charge in [-0.3, -0.25) is 10.1 Å². The fraction of sp³-hybridized carbons (Fsp3) is 0. The summed E-state index contributed by atoms with van der Waals surface area (Å²) in [6, 6.07) is 3.43. The number of nitro benzene ring substituents is 1. The molecule has 0 fully saturated rings. The predicted molar refractivity (Wildman–Crippen MR) is 61.4 cm³/mol. The SMILES string of the molecule is O=C(O)C(=Cc1cc(Cl)ccc1[N+](=O)[O-])C(=O)O. The molecule has 0 aromatic heterocycles. The highest BCUT2D eigenvalue weighted by Crippen LogP contribution is 2.25. The minimum Gasteiger partial charge on any atom is -0.477 e. The van der Waals surface area contributed by atoms with Crippen molar-refractivity contribution >= 4 is 35.3 Å². The maximum Gasteiger partial charge on any atom is 0.343 e. The fourth-order valence-electron chi connectivity index (χ4n) is 1.18. The van der Waals surface area contributed by atoms with Crippen molar-refractivity contribution in [1.29, 1.82) is 0 Å². The van der Waals surface area contributed by atoms with Gasteiger partial charge < -0.3 is 10.2 Å². The van der Waals surface area contributed by atoms with E-state index in [0.717, 1.165) is 12.1 Å². The van der Waals surface area contributed by atoms with Crippen LogP contribution in [0.2, 0.25) is 5.02 Å². The topological polar surface area (TPSA) is 118 Å². The molecule has 1 aromatic carbocycles. The Hall–Kier alpha value is -2.41. The van der Waals surface area contributed by atoms with E-state index in [0.29, 0.717) is 6.08 Å². The number of aliphatic carboxylic acids is 2. The Morgan fingerprint density at radius 2 is 1.83 bits per heavy atom. The van der Waals surface area contributed by atoms with Gasteiger partial charge in [-0.2, -0.15) is 0 Å². The number of halogens is 1. The summed E-state index contributed by atoms with van der Waals surface area (Å²) < 4.78 is 0.